The highest BCUT2D eigenvalue weighted by Crippen LogP contribution is 2.39. The van der Waals surface area contributed by atoms with Crippen molar-refractivity contribution in [3.8, 4) is 0 Å². The van der Waals surface area contributed by atoms with E-state index in [1.165, 1.54) is 41.5 Å². The number of rotatable bonds is 2. The van der Waals surface area contributed by atoms with Crippen LogP contribution in [-0.2, 0) is 11.2 Å². The van der Waals surface area contributed by atoms with E-state index in [1.807, 2.05) is 0 Å². The van der Waals surface area contributed by atoms with Crippen LogP contribution in [0.5, 0.6) is 0 Å². The number of fused-ring (bicyclic) bond motifs is 1. The molecule has 4 rings (SSSR count). The Hall–Kier alpha value is -2.09. The average Bonchev–Trinajstić information content (AvgIpc) is 2.82. The SMILES string of the molecule is CC1(C)COC(c2cccc3c2C(c2ccccc2)CCCC3)=N1. The van der Waals surface area contributed by atoms with Crippen LogP contribution in [-0.4, -0.2) is 18.0 Å². The van der Waals surface area contributed by atoms with Gasteiger partial charge >= 0.3 is 0 Å². The molecule has 24 heavy (non-hydrogen) atoms. The number of hydrogen-bond acceptors (Lipinski definition) is 2. The van der Waals surface area contributed by atoms with Crippen molar-refractivity contribution in [2.24, 2.45) is 4.99 Å². The summed E-state index contributed by atoms with van der Waals surface area (Å²) >= 11 is 0. The lowest BCUT2D eigenvalue weighted by molar-refractivity contribution is 0.279. The summed E-state index contributed by atoms with van der Waals surface area (Å²) in [5.41, 5.74) is 5.40. The Morgan fingerprint density at radius 2 is 1.83 bits per heavy atom. The molecule has 2 aromatic rings. The Bertz CT molecular complexity index is 761. The molecule has 0 spiro atoms. The van der Waals surface area contributed by atoms with E-state index in [9.17, 15) is 0 Å². The van der Waals surface area contributed by atoms with Crippen molar-refractivity contribution >= 4 is 5.90 Å². The third-order valence-corrected chi connectivity index (χ3v) is 5.13. The molecule has 0 amide bonds. The van der Waals surface area contributed by atoms with E-state index in [1.54, 1.807) is 0 Å². The normalized spacial score (nSPS) is 22.2. The highest BCUT2D eigenvalue weighted by molar-refractivity contribution is 5.97. The average molecular weight is 319 g/mol. The first-order valence-electron chi connectivity index (χ1n) is 9.04. The fourth-order valence-electron chi connectivity index (χ4n) is 3.98. The standard InChI is InChI=1S/C22H25NO/c1-22(2)15-24-21(23-22)19-14-8-12-17-11-6-7-13-18(20(17)19)16-9-4-3-5-10-16/h3-5,8-10,12,14,18H,6-7,11,13,15H2,1-2H3. The predicted octanol–water partition coefficient (Wildman–Crippen LogP) is 5.10. The van der Waals surface area contributed by atoms with Gasteiger partial charge in [0.15, 0.2) is 0 Å². The molecule has 0 N–H and O–H groups in total. The Morgan fingerprint density at radius 1 is 1.00 bits per heavy atom. The zero-order chi connectivity index (χ0) is 16.6. The van der Waals surface area contributed by atoms with E-state index in [4.69, 9.17) is 9.73 Å². The summed E-state index contributed by atoms with van der Waals surface area (Å²) in [7, 11) is 0. The van der Waals surface area contributed by atoms with Crippen LogP contribution in [0.1, 0.15) is 61.3 Å². The number of aryl methyl sites for hydroxylation is 1. The third-order valence-electron chi connectivity index (χ3n) is 5.13. The maximum Gasteiger partial charge on any atom is 0.217 e. The second-order valence-corrected chi connectivity index (χ2v) is 7.61. The molecule has 1 atom stereocenters. The molecule has 2 nitrogen and oxygen atoms in total. The smallest absolute Gasteiger partial charge is 0.217 e. The van der Waals surface area contributed by atoms with Crippen LogP contribution in [0.25, 0.3) is 0 Å². The molecule has 0 bridgehead atoms. The summed E-state index contributed by atoms with van der Waals surface area (Å²) in [5, 5.41) is 0. The third kappa shape index (κ3) is 2.86. The molecule has 1 heterocycles. The van der Waals surface area contributed by atoms with E-state index in [2.05, 4.69) is 62.4 Å². The minimum Gasteiger partial charge on any atom is -0.475 e. The van der Waals surface area contributed by atoms with Gasteiger partial charge in [-0.25, -0.2) is 4.99 Å². The number of benzene rings is 2. The van der Waals surface area contributed by atoms with Gasteiger partial charge in [0.05, 0.1) is 5.54 Å². The molecule has 2 aliphatic rings. The summed E-state index contributed by atoms with van der Waals surface area (Å²) in [6.45, 7) is 4.94. The molecule has 0 radical (unpaired) electrons. The predicted molar refractivity (Wildman–Crippen MR) is 98.9 cm³/mol. The van der Waals surface area contributed by atoms with E-state index in [-0.39, 0.29) is 5.54 Å². The van der Waals surface area contributed by atoms with Crippen molar-refractivity contribution in [1.82, 2.24) is 0 Å². The van der Waals surface area contributed by atoms with Crippen LogP contribution < -0.4 is 0 Å². The Morgan fingerprint density at radius 3 is 2.58 bits per heavy atom. The fourth-order valence-corrected chi connectivity index (χ4v) is 3.98. The zero-order valence-electron chi connectivity index (χ0n) is 14.6. The molecule has 0 aromatic heterocycles. The minimum atomic E-state index is -0.120. The molecule has 2 aromatic carbocycles. The number of hydrogen-bond donors (Lipinski definition) is 0. The van der Waals surface area contributed by atoms with Crippen molar-refractivity contribution in [2.75, 3.05) is 6.61 Å². The molecule has 2 heteroatoms. The topological polar surface area (TPSA) is 21.6 Å². The van der Waals surface area contributed by atoms with Gasteiger partial charge in [-0.1, -0.05) is 48.9 Å². The van der Waals surface area contributed by atoms with Gasteiger partial charge in [0.2, 0.25) is 5.90 Å². The number of aliphatic imine (C=N–C) groups is 1. The van der Waals surface area contributed by atoms with Gasteiger partial charge in [-0.2, -0.15) is 0 Å². The summed E-state index contributed by atoms with van der Waals surface area (Å²) < 4.78 is 6.00. The Balaban J connectivity index is 1.86. The summed E-state index contributed by atoms with van der Waals surface area (Å²) in [6, 6.07) is 17.6. The van der Waals surface area contributed by atoms with Crippen molar-refractivity contribution in [2.45, 2.75) is 51.0 Å². The van der Waals surface area contributed by atoms with Gasteiger partial charge in [-0.3, -0.25) is 0 Å². The number of ether oxygens (including phenoxy) is 1. The molecule has 0 saturated carbocycles. The van der Waals surface area contributed by atoms with Gasteiger partial charge < -0.3 is 4.74 Å². The first-order valence-corrected chi connectivity index (χ1v) is 9.04. The maximum absolute atomic E-state index is 6.00. The largest absolute Gasteiger partial charge is 0.475 e. The highest BCUT2D eigenvalue weighted by atomic mass is 16.5. The van der Waals surface area contributed by atoms with Crippen LogP contribution in [0.4, 0.5) is 0 Å². The van der Waals surface area contributed by atoms with E-state index in [0.29, 0.717) is 12.5 Å². The lowest BCUT2D eigenvalue weighted by Gasteiger charge is -2.21. The lowest BCUT2D eigenvalue weighted by Crippen LogP contribution is -2.17. The molecule has 124 valence electrons. The Kier molecular flexibility index (Phi) is 3.91. The van der Waals surface area contributed by atoms with Gasteiger partial charge in [0.25, 0.3) is 0 Å². The molecular formula is C22H25NO. The van der Waals surface area contributed by atoms with Gasteiger partial charge in [0.1, 0.15) is 6.61 Å². The second-order valence-electron chi connectivity index (χ2n) is 7.61. The molecule has 1 unspecified atom stereocenters. The maximum atomic E-state index is 6.00. The quantitative estimate of drug-likeness (QED) is 0.706. The second kappa shape index (κ2) is 6.08. The lowest BCUT2D eigenvalue weighted by atomic mass is 9.83. The van der Waals surface area contributed by atoms with E-state index < -0.39 is 0 Å². The van der Waals surface area contributed by atoms with Gasteiger partial charge in [-0.05, 0) is 55.9 Å². The van der Waals surface area contributed by atoms with Crippen LogP contribution in [0.3, 0.4) is 0 Å². The first-order chi connectivity index (χ1) is 11.6. The molecule has 0 saturated heterocycles. The van der Waals surface area contributed by atoms with Crippen LogP contribution in [0.2, 0.25) is 0 Å². The minimum absolute atomic E-state index is 0.120. The van der Waals surface area contributed by atoms with Crippen molar-refractivity contribution < 1.29 is 4.74 Å². The first kappa shape index (κ1) is 15.4. The van der Waals surface area contributed by atoms with Gasteiger partial charge in [0, 0.05) is 11.5 Å². The van der Waals surface area contributed by atoms with Crippen LogP contribution in [0, 0.1) is 0 Å². The van der Waals surface area contributed by atoms with E-state index >= 15 is 0 Å². The number of nitrogens with zero attached hydrogens (tertiary/aromatic N) is 1. The van der Waals surface area contributed by atoms with Crippen molar-refractivity contribution in [1.29, 1.82) is 0 Å². The molecule has 1 aliphatic carbocycles. The molecule has 1 aliphatic heterocycles. The summed E-state index contributed by atoms with van der Waals surface area (Å²) in [4.78, 5) is 4.85. The summed E-state index contributed by atoms with van der Waals surface area (Å²) in [5.74, 6) is 1.27. The fraction of sp³-hybridized carbons (Fsp3) is 0.409. The molecular weight excluding hydrogens is 294 g/mol. The highest BCUT2D eigenvalue weighted by Gasteiger charge is 2.31. The van der Waals surface area contributed by atoms with Crippen molar-refractivity contribution in [3.63, 3.8) is 0 Å². The Labute approximate surface area is 144 Å². The van der Waals surface area contributed by atoms with E-state index in [0.717, 1.165) is 12.3 Å². The van der Waals surface area contributed by atoms with Crippen LogP contribution >= 0.6 is 0 Å². The van der Waals surface area contributed by atoms with Gasteiger partial charge in [-0.15, -0.1) is 0 Å². The monoisotopic (exact) mass is 319 g/mol. The van der Waals surface area contributed by atoms with Crippen molar-refractivity contribution in [3.05, 3.63) is 70.8 Å². The molecule has 0 fully saturated rings. The summed E-state index contributed by atoms with van der Waals surface area (Å²) in [6.07, 6.45) is 4.89. The zero-order valence-corrected chi connectivity index (χ0v) is 14.6. The van der Waals surface area contributed by atoms with Crippen LogP contribution in [0.15, 0.2) is 53.5 Å².